The molecule has 1 aromatic rings. The van der Waals surface area contributed by atoms with E-state index >= 15 is 0 Å². The topological polar surface area (TPSA) is 52.6 Å². The summed E-state index contributed by atoms with van der Waals surface area (Å²) in [4.78, 5) is 23.4. The summed E-state index contributed by atoms with van der Waals surface area (Å²) >= 11 is 0. The summed E-state index contributed by atoms with van der Waals surface area (Å²) in [5.41, 5.74) is -0.00950. The number of hydrogen-bond acceptors (Lipinski definition) is 4. The van der Waals surface area contributed by atoms with Gasteiger partial charge >= 0.3 is 11.9 Å². The highest BCUT2D eigenvalue weighted by molar-refractivity contribution is 5.77. The van der Waals surface area contributed by atoms with Crippen LogP contribution >= 0.6 is 0 Å². The summed E-state index contributed by atoms with van der Waals surface area (Å²) < 4.78 is 49.1. The minimum Gasteiger partial charge on any atom is -0.466 e. The van der Waals surface area contributed by atoms with Crippen molar-refractivity contribution < 1.29 is 32.2 Å². The van der Waals surface area contributed by atoms with E-state index in [1.54, 1.807) is 0 Å². The van der Waals surface area contributed by atoms with E-state index in [4.69, 9.17) is 9.47 Å². The lowest BCUT2D eigenvalue weighted by molar-refractivity contribution is -0.151. The summed E-state index contributed by atoms with van der Waals surface area (Å²) in [5, 5.41) is 0. The molecule has 33 heavy (non-hydrogen) atoms. The molecule has 7 heteroatoms. The summed E-state index contributed by atoms with van der Waals surface area (Å²) in [6.45, 7) is 2.17. The predicted octanol–water partition coefficient (Wildman–Crippen LogP) is 7.56. The molecule has 0 atom stereocenters. The summed E-state index contributed by atoms with van der Waals surface area (Å²) in [5.74, 6) is -5.45. The van der Waals surface area contributed by atoms with Gasteiger partial charge in [0.05, 0.1) is 19.4 Å². The van der Waals surface area contributed by atoms with Crippen molar-refractivity contribution in [2.75, 3.05) is 6.61 Å². The first kappa shape index (κ1) is 29.0. The van der Waals surface area contributed by atoms with Crippen molar-refractivity contribution in [2.45, 2.75) is 110 Å². The van der Waals surface area contributed by atoms with E-state index in [9.17, 15) is 22.8 Å². The molecule has 0 aliphatic rings. The Morgan fingerprint density at radius 2 is 1.09 bits per heavy atom. The maximum absolute atomic E-state index is 13.1. The first-order valence-corrected chi connectivity index (χ1v) is 12.4. The molecule has 0 amide bonds. The van der Waals surface area contributed by atoms with E-state index in [2.05, 4.69) is 6.92 Å². The Labute approximate surface area is 196 Å². The fourth-order valence-corrected chi connectivity index (χ4v) is 3.51. The largest absolute Gasteiger partial charge is 0.466 e. The number of carbonyl (C=O) groups excluding carboxylic acids is 2. The summed E-state index contributed by atoms with van der Waals surface area (Å²) in [7, 11) is 0. The molecule has 0 N–H and O–H groups in total. The fraction of sp³-hybridized carbons (Fsp3) is 0.692. The molecule has 0 aromatic heterocycles. The van der Waals surface area contributed by atoms with E-state index in [1.807, 2.05) is 0 Å². The third-order valence-corrected chi connectivity index (χ3v) is 5.49. The molecule has 0 fully saturated rings. The molecule has 0 aliphatic heterocycles. The zero-order valence-corrected chi connectivity index (χ0v) is 19.9. The molecule has 1 aromatic carbocycles. The highest BCUT2D eigenvalue weighted by Gasteiger charge is 2.13. The lowest BCUT2D eigenvalue weighted by Crippen LogP contribution is -2.11. The number of hydrogen-bond donors (Lipinski definition) is 0. The molecule has 0 heterocycles. The van der Waals surface area contributed by atoms with Crippen LogP contribution in [0.2, 0.25) is 0 Å². The van der Waals surface area contributed by atoms with Crippen molar-refractivity contribution in [3.63, 3.8) is 0 Å². The third-order valence-electron chi connectivity index (χ3n) is 5.49. The Morgan fingerprint density at radius 1 is 0.667 bits per heavy atom. The van der Waals surface area contributed by atoms with Gasteiger partial charge in [-0.1, -0.05) is 84.0 Å². The van der Waals surface area contributed by atoms with Gasteiger partial charge in [0.15, 0.2) is 17.5 Å². The van der Waals surface area contributed by atoms with Gasteiger partial charge < -0.3 is 9.47 Å². The monoisotopic (exact) mass is 472 g/mol. The number of carbonyl (C=O) groups is 2. The van der Waals surface area contributed by atoms with Gasteiger partial charge in [-0.3, -0.25) is 9.59 Å². The van der Waals surface area contributed by atoms with Crippen LogP contribution in [0.15, 0.2) is 12.1 Å². The van der Waals surface area contributed by atoms with E-state index in [1.165, 1.54) is 64.2 Å². The molecule has 0 unspecified atom stereocenters. The lowest BCUT2D eigenvalue weighted by atomic mass is 10.0. The minimum atomic E-state index is -1.57. The number of unbranched alkanes of at least 4 members (excludes halogenated alkanes) is 12. The predicted molar refractivity (Wildman–Crippen MR) is 122 cm³/mol. The second kappa shape index (κ2) is 18.4. The molecule has 188 valence electrons. The van der Waals surface area contributed by atoms with Crippen LogP contribution in [0.1, 0.15) is 109 Å². The molecular weight excluding hydrogens is 433 g/mol. The molecule has 4 nitrogen and oxygen atoms in total. The SMILES string of the molecule is CCCCCCCCCCCCCCCOC(=O)CCC(=O)OCc1cc(F)c(F)c(F)c1. The average Bonchev–Trinajstić information content (AvgIpc) is 2.79. The van der Waals surface area contributed by atoms with Crippen molar-refractivity contribution in [2.24, 2.45) is 0 Å². The van der Waals surface area contributed by atoms with Gasteiger partial charge in [0.2, 0.25) is 0 Å². The zero-order chi connectivity index (χ0) is 24.3. The molecule has 0 radical (unpaired) electrons. The Balaban J connectivity index is 1.94. The van der Waals surface area contributed by atoms with Gasteiger partial charge in [-0.2, -0.15) is 0 Å². The van der Waals surface area contributed by atoms with Crippen molar-refractivity contribution in [1.29, 1.82) is 0 Å². The Hall–Kier alpha value is -2.05. The number of rotatable bonds is 19. The maximum atomic E-state index is 13.1. The van der Waals surface area contributed by atoms with Crippen LogP contribution in [0.25, 0.3) is 0 Å². The Morgan fingerprint density at radius 3 is 1.58 bits per heavy atom. The van der Waals surface area contributed by atoms with Crippen LogP contribution in [0.3, 0.4) is 0 Å². The van der Waals surface area contributed by atoms with Crippen molar-refractivity contribution >= 4 is 11.9 Å². The Kier molecular flexibility index (Phi) is 16.1. The van der Waals surface area contributed by atoms with Crippen LogP contribution < -0.4 is 0 Å². The third kappa shape index (κ3) is 14.7. The average molecular weight is 473 g/mol. The molecule has 1 rings (SSSR count). The fourth-order valence-electron chi connectivity index (χ4n) is 3.51. The molecule has 0 saturated heterocycles. The molecule has 0 saturated carbocycles. The van der Waals surface area contributed by atoms with Gasteiger partial charge in [0.25, 0.3) is 0 Å². The molecule has 0 aliphatic carbocycles. The molecular formula is C26H39F3O4. The van der Waals surface area contributed by atoms with Crippen LogP contribution in [-0.2, 0) is 25.7 Å². The highest BCUT2D eigenvalue weighted by Crippen LogP contribution is 2.15. The second-order valence-corrected chi connectivity index (χ2v) is 8.50. The Bertz CT molecular complexity index is 671. The molecule has 0 spiro atoms. The number of ether oxygens (including phenoxy) is 2. The first-order chi connectivity index (χ1) is 15.9. The second-order valence-electron chi connectivity index (χ2n) is 8.50. The summed E-state index contributed by atoms with van der Waals surface area (Å²) in [6, 6.07) is 1.52. The van der Waals surface area contributed by atoms with Crippen molar-refractivity contribution in [1.82, 2.24) is 0 Å². The standard InChI is InChI=1S/C26H39F3O4/c1-2-3-4-5-6-7-8-9-10-11-12-13-14-17-32-24(30)15-16-25(31)33-20-21-18-22(27)26(29)23(28)19-21/h18-19H,2-17,20H2,1H3. The number of benzene rings is 1. The van der Waals surface area contributed by atoms with E-state index in [0.717, 1.165) is 31.4 Å². The van der Waals surface area contributed by atoms with E-state index < -0.39 is 36.0 Å². The maximum Gasteiger partial charge on any atom is 0.306 e. The highest BCUT2D eigenvalue weighted by atomic mass is 19.2. The molecule has 0 bridgehead atoms. The van der Waals surface area contributed by atoms with Gasteiger partial charge in [-0.05, 0) is 24.1 Å². The number of esters is 2. The van der Waals surface area contributed by atoms with Crippen molar-refractivity contribution in [3.05, 3.63) is 35.1 Å². The van der Waals surface area contributed by atoms with Gasteiger partial charge in [0.1, 0.15) is 6.61 Å². The smallest absolute Gasteiger partial charge is 0.306 e. The van der Waals surface area contributed by atoms with Crippen LogP contribution in [0.4, 0.5) is 13.2 Å². The first-order valence-electron chi connectivity index (χ1n) is 12.4. The van der Waals surface area contributed by atoms with E-state index in [0.29, 0.717) is 6.61 Å². The number of halogens is 3. The minimum absolute atomic E-state index is 0.00950. The zero-order valence-electron chi connectivity index (χ0n) is 19.9. The summed E-state index contributed by atoms with van der Waals surface area (Å²) in [6.07, 6.45) is 15.8. The van der Waals surface area contributed by atoms with Gasteiger partial charge in [-0.15, -0.1) is 0 Å². The quantitative estimate of drug-likeness (QED) is 0.118. The van der Waals surface area contributed by atoms with Gasteiger partial charge in [0, 0.05) is 0 Å². The lowest BCUT2D eigenvalue weighted by Gasteiger charge is -2.07. The van der Waals surface area contributed by atoms with Crippen molar-refractivity contribution in [3.8, 4) is 0 Å². The van der Waals surface area contributed by atoms with Crippen LogP contribution in [0, 0.1) is 17.5 Å². The van der Waals surface area contributed by atoms with Crippen LogP contribution in [-0.4, -0.2) is 18.5 Å². The van der Waals surface area contributed by atoms with Gasteiger partial charge in [-0.25, -0.2) is 13.2 Å². The normalized spacial score (nSPS) is 10.9. The van der Waals surface area contributed by atoms with E-state index in [-0.39, 0.29) is 18.4 Å². The van der Waals surface area contributed by atoms with Crippen LogP contribution in [0.5, 0.6) is 0 Å².